The fourth-order valence-corrected chi connectivity index (χ4v) is 2.26. The van der Waals surface area contributed by atoms with E-state index in [1.165, 1.54) is 4.90 Å². The van der Waals surface area contributed by atoms with Gasteiger partial charge in [0.25, 0.3) is 0 Å². The van der Waals surface area contributed by atoms with Crippen molar-refractivity contribution in [2.45, 2.75) is 18.6 Å². The van der Waals surface area contributed by atoms with Crippen molar-refractivity contribution >= 4 is 11.7 Å². The van der Waals surface area contributed by atoms with E-state index in [1.807, 2.05) is 0 Å². The monoisotopic (exact) mass is 307 g/mol. The van der Waals surface area contributed by atoms with Crippen molar-refractivity contribution < 1.29 is 32.2 Å². The normalized spacial score (nSPS) is 19.6. The Balaban J connectivity index is 2.28. The van der Waals surface area contributed by atoms with Gasteiger partial charge < -0.3 is 14.7 Å². The van der Waals surface area contributed by atoms with Gasteiger partial charge in [-0.2, -0.15) is 13.2 Å². The van der Waals surface area contributed by atoms with Crippen LogP contribution in [0.25, 0.3) is 0 Å². The second-order valence-corrected chi connectivity index (χ2v) is 4.68. The molecule has 1 N–H and O–H groups in total. The average Bonchev–Trinajstić information content (AvgIpc) is 2.38. The van der Waals surface area contributed by atoms with E-state index in [4.69, 9.17) is 9.84 Å². The average molecular weight is 307 g/mol. The van der Waals surface area contributed by atoms with Crippen LogP contribution in [0.2, 0.25) is 0 Å². The molecule has 0 bridgehead atoms. The zero-order chi connectivity index (χ0) is 15.6. The van der Waals surface area contributed by atoms with Crippen LogP contribution < -0.4 is 4.90 Å². The highest BCUT2D eigenvalue weighted by Crippen LogP contribution is 2.33. The van der Waals surface area contributed by atoms with Crippen LogP contribution in [-0.2, 0) is 15.7 Å². The van der Waals surface area contributed by atoms with E-state index in [2.05, 4.69) is 0 Å². The molecular formula is C13H13F4NO3. The first-order valence-electron chi connectivity index (χ1n) is 6.22. The number of carboxylic acids is 1. The maximum Gasteiger partial charge on any atom is 0.416 e. The van der Waals surface area contributed by atoms with Gasteiger partial charge in [0.05, 0.1) is 36.9 Å². The molecule has 1 aliphatic rings. The predicted octanol–water partition coefficient (Wildman–Crippen LogP) is 2.52. The summed E-state index contributed by atoms with van der Waals surface area (Å²) in [5.41, 5.74) is -1.12. The molecule has 116 valence electrons. The van der Waals surface area contributed by atoms with E-state index in [0.717, 1.165) is 12.1 Å². The molecule has 1 aromatic rings. The molecule has 1 fully saturated rings. The number of rotatable bonds is 3. The van der Waals surface area contributed by atoms with Crippen molar-refractivity contribution in [3.05, 3.63) is 29.6 Å². The maximum absolute atomic E-state index is 13.9. The molecule has 0 spiro atoms. The molecule has 1 saturated heterocycles. The minimum atomic E-state index is -4.62. The summed E-state index contributed by atoms with van der Waals surface area (Å²) in [4.78, 5) is 12.2. The summed E-state index contributed by atoms with van der Waals surface area (Å²) in [6, 6.07) is 1.62. The van der Waals surface area contributed by atoms with Gasteiger partial charge in [0.15, 0.2) is 0 Å². The molecule has 1 aromatic carbocycles. The first kappa shape index (κ1) is 15.6. The Labute approximate surface area is 117 Å². The molecule has 0 radical (unpaired) electrons. The zero-order valence-electron chi connectivity index (χ0n) is 10.9. The molecule has 1 aliphatic heterocycles. The number of morpholine rings is 1. The first-order chi connectivity index (χ1) is 9.79. The van der Waals surface area contributed by atoms with Gasteiger partial charge in [-0.25, -0.2) is 4.39 Å². The van der Waals surface area contributed by atoms with Crippen LogP contribution in [-0.4, -0.2) is 36.9 Å². The summed E-state index contributed by atoms with van der Waals surface area (Å²) in [6.07, 6.45) is -4.90. The van der Waals surface area contributed by atoms with Crippen LogP contribution in [0, 0.1) is 5.82 Å². The maximum atomic E-state index is 13.9. The topological polar surface area (TPSA) is 49.8 Å². The van der Waals surface area contributed by atoms with E-state index in [1.54, 1.807) is 0 Å². The highest BCUT2D eigenvalue weighted by Gasteiger charge is 2.33. The zero-order valence-corrected chi connectivity index (χ0v) is 10.9. The Bertz CT molecular complexity index is 533. The number of carboxylic acid groups (broad SMARTS) is 1. The fraction of sp³-hybridized carbons (Fsp3) is 0.462. The van der Waals surface area contributed by atoms with Crippen LogP contribution >= 0.6 is 0 Å². The van der Waals surface area contributed by atoms with Gasteiger partial charge >= 0.3 is 12.1 Å². The lowest BCUT2D eigenvalue weighted by Crippen LogP contribution is -2.47. The second kappa shape index (κ2) is 5.88. The third-order valence-electron chi connectivity index (χ3n) is 3.22. The summed E-state index contributed by atoms with van der Waals surface area (Å²) < 4.78 is 56.6. The van der Waals surface area contributed by atoms with Gasteiger partial charge in [0, 0.05) is 6.54 Å². The molecular weight excluding hydrogens is 294 g/mol. The molecule has 4 nitrogen and oxygen atoms in total. The summed E-state index contributed by atoms with van der Waals surface area (Å²) in [6.45, 7) is 0.573. The lowest BCUT2D eigenvalue weighted by atomic mass is 10.1. The third-order valence-corrected chi connectivity index (χ3v) is 3.22. The fourth-order valence-electron chi connectivity index (χ4n) is 2.26. The summed E-state index contributed by atoms with van der Waals surface area (Å²) >= 11 is 0. The molecule has 0 aliphatic carbocycles. The lowest BCUT2D eigenvalue weighted by Gasteiger charge is -2.36. The Hall–Kier alpha value is -1.83. The number of alkyl halides is 3. The number of carbonyl (C=O) groups is 1. The quantitative estimate of drug-likeness (QED) is 0.872. The molecule has 0 aromatic heterocycles. The number of hydrogen-bond acceptors (Lipinski definition) is 3. The molecule has 1 atom stereocenters. The predicted molar refractivity (Wildman–Crippen MR) is 65.6 cm³/mol. The van der Waals surface area contributed by atoms with Crippen molar-refractivity contribution in [2.24, 2.45) is 0 Å². The molecule has 1 unspecified atom stereocenters. The Morgan fingerprint density at radius 3 is 2.71 bits per heavy atom. The second-order valence-electron chi connectivity index (χ2n) is 4.68. The minimum Gasteiger partial charge on any atom is -0.481 e. The van der Waals surface area contributed by atoms with Crippen LogP contribution in [0.4, 0.5) is 23.2 Å². The number of anilines is 1. The molecule has 21 heavy (non-hydrogen) atoms. The summed E-state index contributed by atoms with van der Waals surface area (Å²) in [7, 11) is 0. The standard InChI is InChI=1S/C13H13F4NO3/c14-10-5-8(13(15,16)17)1-2-11(10)18-3-4-21-7-9(18)6-12(19)20/h1-2,5,9H,3-4,6-7H2,(H,19,20). The Kier molecular flexibility index (Phi) is 4.36. The smallest absolute Gasteiger partial charge is 0.416 e. The van der Waals surface area contributed by atoms with Gasteiger partial charge in [-0.1, -0.05) is 0 Å². The van der Waals surface area contributed by atoms with E-state index >= 15 is 0 Å². The summed E-state index contributed by atoms with van der Waals surface area (Å²) in [5.74, 6) is -2.11. The number of aliphatic carboxylic acids is 1. The summed E-state index contributed by atoms with van der Waals surface area (Å²) in [5, 5.41) is 8.83. The molecule has 8 heteroatoms. The van der Waals surface area contributed by atoms with Gasteiger partial charge in [0.2, 0.25) is 0 Å². The molecule has 0 amide bonds. The Morgan fingerprint density at radius 1 is 1.43 bits per heavy atom. The van der Waals surface area contributed by atoms with Crippen molar-refractivity contribution in [1.82, 2.24) is 0 Å². The van der Waals surface area contributed by atoms with E-state index in [-0.39, 0.29) is 31.9 Å². The largest absolute Gasteiger partial charge is 0.481 e. The lowest BCUT2D eigenvalue weighted by molar-refractivity contribution is -0.138. The van der Waals surface area contributed by atoms with Crippen LogP contribution in [0.15, 0.2) is 18.2 Å². The first-order valence-corrected chi connectivity index (χ1v) is 6.22. The molecule has 1 heterocycles. The number of ether oxygens (including phenoxy) is 1. The van der Waals surface area contributed by atoms with E-state index in [0.29, 0.717) is 6.07 Å². The molecule has 2 rings (SSSR count). The molecule has 0 saturated carbocycles. The van der Waals surface area contributed by atoms with E-state index in [9.17, 15) is 22.4 Å². The SMILES string of the molecule is O=C(O)CC1COCCN1c1ccc(C(F)(F)F)cc1F. The van der Waals surface area contributed by atoms with Gasteiger partial charge in [-0.05, 0) is 18.2 Å². The number of nitrogens with zero attached hydrogens (tertiary/aromatic N) is 1. The number of hydrogen-bond donors (Lipinski definition) is 1. The third kappa shape index (κ3) is 3.63. The van der Waals surface area contributed by atoms with Crippen molar-refractivity contribution in [1.29, 1.82) is 0 Å². The van der Waals surface area contributed by atoms with Crippen molar-refractivity contribution in [2.75, 3.05) is 24.7 Å². The highest BCUT2D eigenvalue weighted by molar-refractivity contribution is 5.68. The van der Waals surface area contributed by atoms with Crippen LogP contribution in [0.3, 0.4) is 0 Å². The minimum absolute atomic E-state index is 0.0439. The van der Waals surface area contributed by atoms with Gasteiger partial charge in [0.1, 0.15) is 5.82 Å². The van der Waals surface area contributed by atoms with Crippen LogP contribution in [0.1, 0.15) is 12.0 Å². The van der Waals surface area contributed by atoms with Crippen molar-refractivity contribution in [3.8, 4) is 0 Å². The van der Waals surface area contributed by atoms with Crippen LogP contribution in [0.5, 0.6) is 0 Å². The van der Waals surface area contributed by atoms with E-state index < -0.39 is 29.6 Å². The highest BCUT2D eigenvalue weighted by atomic mass is 19.4. The number of benzene rings is 1. The Morgan fingerprint density at radius 2 is 2.14 bits per heavy atom. The number of halogens is 4. The van der Waals surface area contributed by atoms with Gasteiger partial charge in [-0.15, -0.1) is 0 Å². The van der Waals surface area contributed by atoms with Gasteiger partial charge in [-0.3, -0.25) is 4.79 Å². The van der Waals surface area contributed by atoms with Crippen molar-refractivity contribution in [3.63, 3.8) is 0 Å².